The fraction of sp³-hybridized carbons (Fsp3) is 0.267. The summed E-state index contributed by atoms with van der Waals surface area (Å²) in [5.74, 6) is -0.490. The van der Waals surface area contributed by atoms with Gasteiger partial charge in [-0.3, -0.25) is 0 Å². The molecule has 1 aliphatic heterocycles. The van der Waals surface area contributed by atoms with Crippen LogP contribution >= 0.6 is 0 Å². The molecule has 0 saturated carbocycles. The zero-order valence-electron chi connectivity index (χ0n) is 10.9. The summed E-state index contributed by atoms with van der Waals surface area (Å²) in [6.07, 6.45) is -1.04. The number of aliphatic hydroxyl groups is 1. The molecule has 0 bridgehead atoms. The third-order valence-electron chi connectivity index (χ3n) is 3.52. The summed E-state index contributed by atoms with van der Waals surface area (Å²) in [6, 6.07) is 7.07. The lowest BCUT2D eigenvalue weighted by atomic mass is 9.90. The molecule has 1 unspecified atom stereocenters. The maximum absolute atomic E-state index is 12.1. The Morgan fingerprint density at radius 3 is 2.75 bits per heavy atom. The second-order valence-corrected chi connectivity index (χ2v) is 4.72. The lowest BCUT2D eigenvalue weighted by molar-refractivity contribution is -0.0687. The van der Waals surface area contributed by atoms with Crippen LogP contribution in [0.15, 0.2) is 24.3 Å². The second-order valence-electron chi connectivity index (χ2n) is 4.72. The number of aliphatic hydroxyl groups excluding tert-OH is 1. The Labute approximate surface area is 115 Å². The largest absolute Gasteiger partial charge is 0.507 e. The van der Waals surface area contributed by atoms with E-state index in [-0.39, 0.29) is 18.8 Å². The molecular weight excluding hydrogens is 260 g/mol. The molecule has 0 aliphatic carbocycles. The van der Waals surface area contributed by atoms with Gasteiger partial charge in [-0.15, -0.1) is 0 Å². The lowest BCUT2D eigenvalue weighted by Crippen LogP contribution is -2.28. The first-order chi connectivity index (χ1) is 9.63. The van der Waals surface area contributed by atoms with Crippen molar-refractivity contribution in [2.75, 3.05) is 7.11 Å². The van der Waals surface area contributed by atoms with Crippen molar-refractivity contribution in [3.63, 3.8) is 0 Å². The number of esters is 1. The van der Waals surface area contributed by atoms with E-state index in [1.807, 2.05) is 0 Å². The van der Waals surface area contributed by atoms with Crippen molar-refractivity contribution >= 4 is 16.7 Å². The number of ether oxygens (including phenoxy) is 2. The minimum Gasteiger partial charge on any atom is -0.507 e. The number of cyclic esters (lactones) is 1. The van der Waals surface area contributed by atoms with E-state index in [2.05, 4.69) is 0 Å². The molecule has 1 aliphatic rings. The van der Waals surface area contributed by atoms with E-state index in [0.717, 1.165) is 0 Å². The summed E-state index contributed by atoms with van der Waals surface area (Å²) >= 11 is 0. The van der Waals surface area contributed by atoms with Gasteiger partial charge in [0.1, 0.15) is 5.75 Å². The van der Waals surface area contributed by atoms with Crippen LogP contribution in [0.5, 0.6) is 5.75 Å². The number of benzene rings is 2. The number of carbonyl (C=O) groups excluding carboxylic acids is 1. The molecule has 5 heteroatoms. The number of phenols is 1. The summed E-state index contributed by atoms with van der Waals surface area (Å²) < 4.78 is 9.99. The number of fused-ring (bicyclic) bond motifs is 3. The van der Waals surface area contributed by atoms with Gasteiger partial charge >= 0.3 is 5.97 Å². The zero-order chi connectivity index (χ0) is 14.3. The van der Waals surface area contributed by atoms with Crippen LogP contribution in [0.2, 0.25) is 0 Å². The predicted octanol–water partition coefficient (Wildman–Crippen LogP) is 1.72. The number of rotatable bonds is 2. The fourth-order valence-corrected chi connectivity index (χ4v) is 2.68. The van der Waals surface area contributed by atoms with Crippen LogP contribution in [-0.4, -0.2) is 29.6 Å². The monoisotopic (exact) mass is 274 g/mol. The van der Waals surface area contributed by atoms with E-state index in [1.54, 1.807) is 24.3 Å². The van der Waals surface area contributed by atoms with E-state index in [4.69, 9.17) is 9.47 Å². The van der Waals surface area contributed by atoms with Crippen LogP contribution in [0.1, 0.15) is 21.5 Å². The molecule has 0 saturated heterocycles. The third kappa shape index (κ3) is 1.83. The van der Waals surface area contributed by atoms with Gasteiger partial charge in [0.05, 0.1) is 12.2 Å². The van der Waals surface area contributed by atoms with Crippen LogP contribution in [0.4, 0.5) is 0 Å². The molecule has 5 nitrogen and oxygen atoms in total. The fourth-order valence-electron chi connectivity index (χ4n) is 2.68. The first-order valence-electron chi connectivity index (χ1n) is 6.27. The molecule has 3 rings (SSSR count). The summed E-state index contributed by atoms with van der Waals surface area (Å²) in [6.45, 7) is 0.166. The van der Waals surface area contributed by atoms with E-state index in [1.165, 1.54) is 7.11 Å². The van der Waals surface area contributed by atoms with Crippen LogP contribution < -0.4 is 0 Å². The van der Waals surface area contributed by atoms with Crippen molar-refractivity contribution in [3.05, 3.63) is 41.0 Å². The highest BCUT2D eigenvalue weighted by Gasteiger charge is 2.31. The first-order valence-corrected chi connectivity index (χ1v) is 6.27. The minimum absolute atomic E-state index is 0.0862. The zero-order valence-corrected chi connectivity index (χ0v) is 10.9. The van der Waals surface area contributed by atoms with Gasteiger partial charge in [-0.05, 0) is 5.56 Å². The molecule has 0 aromatic heterocycles. The Kier molecular flexibility index (Phi) is 3.08. The van der Waals surface area contributed by atoms with E-state index < -0.39 is 12.3 Å². The van der Waals surface area contributed by atoms with E-state index in [0.29, 0.717) is 27.5 Å². The van der Waals surface area contributed by atoms with Crippen LogP contribution in [0.25, 0.3) is 10.8 Å². The third-order valence-corrected chi connectivity index (χ3v) is 3.52. The summed E-state index contributed by atoms with van der Waals surface area (Å²) in [4.78, 5) is 12.1. The van der Waals surface area contributed by atoms with Crippen LogP contribution in [0.3, 0.4) is 0 Å². The molecular formula is C15H14O5. The Morgan fingerprint density at radius 1 is 1.35 bits per heavy atom. The quantitative estimate of drug-likeness (QED) is 0.815. The molecule has 2 aromatic carbocycles. The van der Waals surface area contributed by atoms with Crippen molar-refractivity contribution in [1.82, 2.24) is 0 Å². The summed E-state index contributed by atoms with van der Waals surface area (Å²) in [5.41, 5.74) is 1.51. The number of carbonyl (C=O) groups is 1. The van der Waals surface area contributed by atoms with E-state index >= 15 is 0 Å². The van der Waals surface area contributed by atoms with Crippen LogP contribution in [0, 0.1) is 0 Å². The molecule has 2 N–H and O–H groups in total. The highest BCUT2D eigenvalue weighted by Crippen LogP contribution is 2.38. The number of aromatic hydroxyl groups is 1. The van der Waals surface area contributed by atoms with Gasteiger partial charge in [0, 0.05) is 29.9 Å². The smallest absolute Gasteiger partial charge is 0.341 e. The van der Waals surface area contributed by atoms with Crippen molar-refractivity contribution in [2.45, 2.75) is 19.3 Å². The number of hydrogen-bond acceptors (Lipinski definition) is 5. The van der Waals surface area contributed by atoms with Gasteiger partial charge in [-0.1, -0.05) is 24.3 Å². The van der Waals surface area contributed by atoms with Gasteiger partial charge in [0.25, 0.3) is 0 Å². The van der Waals surface area contributed by atoms with E-state index in [9.17, 15) is 15.0 Å². The first kappa shape index (κ1) is 12.9. The maximum atomic E-state index is 12.1. The normalized spacial score (nSPS) is 17.9. The summed E-state index contributed by atoms with van der Waals surface area (Å²) in [7, 11) is 1.51. The average molecular weight is 274 g/mol. The Hall–Kier alpha value is -2.11. The highest BCUT2D eigenvalue weighted by atomic mass is 16.6. The molecule has 1 heterocycles. The predicted molar refractivity (Wildman–Crippen MR) is 71.5 cm³/mol. The SMILES string of the molecule is COCc1c2c(c3ccccc3c1O)C(=O)OC(O)C2. The lowest BCUT2D eigenvalue weighted by Gasteiger charge is -2.25. The average Bonchev–Trinajstić information content (AvgIpc) is 2.42. The molecule has 1 atom stereocenters. The molecule has 0 radical (unpaired) electrons. The van der Waals surface area contributed by atoms with Gasteiger partial charge in [0.15, 0.2) is 0 Å². The van der Waals surface area contributed by atoms with Crippen molar-refractivity contribution < 1.29 is 24.5 Å². The second kappa shape index (κ2) is 4.77. The number of hydrogen-bond donors (Lipinski definition) is 2. The van der Waals surface area contributed by atoms with Crippen molar-refractivity contribution in [2.24, 2.45) is 0 Å². The topological polar surface area (TPSA) is 76.0 Å². The standard InChI is InChI=1S/C15H14O5/c1-19-7-11-10-6-12(16)20-15(18)13(10)8-4-2-3-5-9(8)14(11)17/h2-5,12,16-17H,6-7H2,1H3. The highest BCUT2D eigenvalue weighted by molar-refractivity contribution is 6.09. The minimum atomic E-state index is -1.19. The van der Waals surface area contributed by atoms with Crippen molar-refractivity contribution in [3.8, 4) is 5.75 Å². The number of phenolic OH excluding ortho intramolecular Hbond substituents is 1. The van der Waals surface area contributed by atoms with Gasteiger partial charge < -0.3 is 19.7 Å². The molecule has 104 valence electrons. The van der Waals surface area contributed by atoms with Gasteiger partial charge in [-0.2, -0.15) is 0 Å². The Morgan fingerprint density at radius 2 is 2.05 bits per heavy atom. The Balaban J connectivity index is 2.40. The molecule has 2 aromatic rings. The molecule has 20 heavy (non-hydrogen) atoms. The van der Waals surface area contributed by atoms with Crippen molar-refractivity contribution in [1.29, 1.82) is 0 Å². The van der Waals surface area contributed by atoms with Gasteiger partial charge in [0.2, 0.25) is 6.29 Å². The van der Waals surface area contributed by atoms with Crippen LogP contribution in [-0.2, 0) is 22.5 Å². The molecule has 0 amide bonds. The van der Waals surface area contributed by atoms with Gasteiger partial charge in [-0.25, -0.2) is 4.79 Å². The number of methoxy groups -OCH3 is 1. The Bertz CT molecular complexity index is 692. The summed E-state index contributed by atoms with van der Waals surface area (Å²) in [5, 5.41) is 21.2. The maximum Gasteiger partial charge on any atom is 0.341 e. The molecule has 0 spiro atoms. The molecule has 0 fully saturated rings.